The van der Waals surface area contributed by atoms with Crippen LogP contribution < -0.4 is 15.4 Å². The Hall–Kier alpha value is -3.15. The van der Waals surface area contributed by atoms with Gasteiger partial charge in [-0.05, 0) is 42.8 Å². The lowest BCUT2D eigenvalue weighted by atomic mass is 10.3. The van der Waals surface area contributed by atoms with Crippen LogP contribution in [0.5, 0.6) is 5.75 Å². The molecule has 122 valence electrons. The Labute approximate surface area is 141 Å². The molecule has 3 aromatic rings. The summed E-state index contributed by atoms with van der Waals surface area (Å²) in [6.07, 6.45) is 3.59. The van der Waals surface area contributed by atoms with Crippen LogP contribution in [-0.4, -0.2) is 22.1 Å². The number of aromatic nitrogens is 3. The smallest absolute Gasteiger partial charge is 0.229 e. The van der Waals surface area contributed by atoms with Gasteiger partial charge in [-0.1, -0.05) is 6.07 Å². The van der Waals surface area contributed by atoms with Crippen LogP contribution in [0.3, 0.4) is 0 Å². The SMILES string of the molecule is COc1ccc(Nc2nc(C)cc(NCc3cccnc3)n2)cc1. The molecule has 2 heterocycles. The Balaban J connectivity index is 1.70. The van der Waals surface area contributed by atoms with Crippen LogP contribution in [0.4, 0.5) is 17.5 Å². The molecule has 0 fully saturated rings. The molecule has 0 saturated carbocycles. The Morgan fingerprint density at radius 3 is 2.62 bits per heavy atom. The summed E-state index contributed by atoms with van der Waals surface area (Å²) in [4.78, 5) is 13.0. The van der Waals surface area contributed by atoms with Crippen molar-refractivity contribution in [2.45, 2.75) is 13.5 Å². The van der Waals surface area contributed by atoms with E-state index in [0.717, 1.165) is 28.5 Å². The topological polar surface area (TPSA) is 72.0 Å². The van der Waals surface area contributed by atoms with Crippen LogP contribution in [0, 0.1) is 6.92 Å². The van der Waals surface area contributed by atoms with Crippen LogP contribution in [0.1, 0.15) is 11.3 Å². The summed E-state index contributed by atoms with van der Waals surface area (Å²) in [7, 11) is 1.65. The first-order chi connectivity index (χ1) is 11.7. The third-order valence-corrected chi connectivity index (χ3v) is 3.40. The van der Waals surface area contributed by atoms with Gasteiger partial charge in [0.1, 0.15) is 11.6 Å². The van der Waals surface area contributed by atoms with Gasteiger partial charge >= 0.3 is 0 Å². The minimum absolute atomic E-state index is 0.550. The maximum absolute atomic E-state index is 5.16. The molecule has 2 aromatic heterocycles. The number of rotatable bonds is 6. The highest BCUT2D eigenvalue weighted by Gasteiger charge is 2.03. The van der Waals surface area contributed by atoms with E-state index in [2.05, 4.69) is 25.6 Å². The number of methoxy groups -OCH3 is 1. The zero-order chi connectivity index (χ0) is 16.8. The molecular formula is C18H19N5O. The Kier molecular flexibility index (Phi) is 4.86. The molecule has 0 aliphatic carbocycles. The van der Waals surface area contributed by atoms with E-state index in [4.69, 9.17) is 4.74 Å². The standard InChI is InChI=1S/C18H19N5O/c1-13-10-17(20-12-14-4-3-9-19-11-14)23-18(21-13)22-15-5-7-16(24-2)8-6-15/h3-11H,12H2,1-2H3,(H2,20,21,22,23). The summed E-state index contributed by atoms with van der Waals surface area (Å²) in [6, 6.07) is 13.5. The number of anilines is 3. The second-order valence-corrected chi connectivity index (χ2v) is 5.29. The average molecular weight is 321 g/mol. The molecule has 0 bridgehead atoms. The van der Waals surface area contributed by atoms with Gasteiger partial charge in [0.25, 0.3) is 0 Å². The fourth-order valence-electron chi connectivity index (χ4n) is 2.21. The summed E-state index contributed by atoms with van der Waals surface area (Å²) >= 11 is 0. The minimum Gasteiger partial charge on any atom is -0.497 e. The highest BCUT2D eigenvalue weighted by Crippen LogP contribution is 2.19. The van der Waals surface area contributed by atoms with Crippen LogP contribution >= 0.6 is 0 Å². The molecule has 0 spiro atoms. The van der Waals surface area contributed by atoms with Crippen LogP contribution in [0.2, 0.25) is 0 Å². The van der Waals surface area contributed by atoms with Crippen molar-refractivity contribution >= 4 is 17.5 Å². The third kappa shape index (κ3) is 4.19. The maximum atomic E-state index is 5.16. The summed E-state index contributed by atoms with van der Waals surface area (Å²) in [5, 5.41) is 6.50. The molecule has 0 unspecified atom stereocenters. The molecule has 0 radical (unpaired) electrons. The van der Waals surface area contributed by atoms with Crippen LogP contribution in [0.25, 0.3) is 0 Å². The number of hydrogen-bond donors (Lipinski definition) is 2. The predicted octanol–water partition coefficient (Wildman–Crippen LogP) is 3.54. The number of nitrogens with zero attached hydrogens (tertiary/aromatic N) is 3. The normalized spacial score (nSPS) is 10.2. The quantitative estimate of drug-likeness (QED) is 0.723. The van der Waals surface area contributed by atoms with Gasteiger partial charge in [0.2, 0.25) is 5.95 Å². The first-order valence-electron chi connectivity index (χ1n) is 7.62. The minimum atomic E-state index is 0.550. The number of aryl methyl sites for hydroxylation is 1. The molecule has 1 aromatic carbocycles. The molecule has 2 N–H and O–H groups in total. The molecule has 0 aliphatic rings. The molecule has 0 atom stereocenters. The summed E-state index contributed by atoms with van der Waals surface area (Å²) in [5.41, 5.74) is 2.88. The first-order valence-corrected chi connectivity index (χ1v) is 7.62. The highest BCUT2D eigenvalue weighted by atomic mass is 16.5. The van der Waals surface area contributed by atoms with Crippen molar-refractivity contribution < 1.29 is 4.74 Å². The van der Waals surface area contributed by atoms with Gasteiger partial charge in [-0.3, -0.25) is 4.98 Å². The van der Waals surface area contributed by atoms with Crippen molar-refractivity contribution in [3.8, 4) is 5.75 Å². The van der Waals surface area contributed by atoms with Crippen molar-refractivity contribution in [2.75, 3.05) is 17.7 Å². The van der Waals surface area contributed by atoms with E-state index in [0.29, 0.717) is 12.5 Å². The Morgan fingerprint density at radius 1 is 1.08 bits per heavy atom. The van der Waals surface area contributed by atoms with E-state index in [1.807, 2.05) is 55.6 Å². The van der Waals surface area contributed by atoms with E-state index in [1.165, 1.54) is 0 Å². The third-order valence-electron chi connectivity index (χ3n) is 3.40. The summed E-state index contributed by atoms with van der Waals surface area (Å²) in [6.45, 7) is 2.60. The van der Waals surface area contributed by atoms with E-state index in [9.17, 15) is 0 Å². The van der Waals surface area contributed by atoms with Gasteiger partial charge < -0.3 is 15.4 Å². The number of pyridine rings is 1. The predicted molar refractivity (Wildman–Crippen MR) is 94.6 cm³/mol. The number of nitrogens with one attached hydrogen (secondary N) is 2. The molecule has 3 rings (SSSR count). The monoisotopic (exact) mass is 321 g/mol. The number of hydrogen-bond acceptors (Lipinski definition) is 6. The van der Waals surface area contributed by atoms with Gasteiger partial charge in [-0.25, -0.2) is 4.98 Å². The fraction of sp³-hybridized carbons (Fsp3) is 0.167. The lowest BCUT2D eigenvalue weighted by Crippen LogP contribution is -2.05. The molecule has 0 amide bonds. The zero-order valence-electron chi connectivity index (χ0n) is 13.7. The fourth-order valence-corrected chi connectivity index (χ4v) is 2.21. The van der Waals surface area contributed by atoms with Gasteiger partial charge in [0.05, 0.1) is 7.11 Å². The van der Waals surface area contributed by atoms with E-state index < -0.39 is 0 Å². The molecule has 0 aliphatic heterocycles. The number of ether oxygens (including phenoxy) is 1. The molecule has 24 heavy (non-hydrogen) atoms. The van der Waals surface area contributed by atoms with Crippen molar-refractivity contribution in [1.82, 2.24) is 15.0 Å². The van der Waals surface area contributed by atoms with Gasteiger partial charge in [-0.15, -0.1) is 0 Å². The van der Waals surface area contributed by atoms with Gasteiger partial charge in [-0.2, -0.15) is 4.98 Å². The van der Waals surface area contributed by atoms with E-state index in [1.54, 1.807) is 13.3 Å². The van der Waals surface area contributed by atoms with Gasteiger partial charge in [0, 0.05) is 36.4 Å². The second-order valence-electron chi connectivity index (χ2n) is 5.29. The summed E-state index contributed by atoms with van der Waals surface area (Å²) < 4.78 is 5.16. The van der Waals surface area contributed by atoms with Crippen molar-refractivity contribution in [1.29, 1.82) is 0 Å². The molecular weight excluding hydrogens is 302 g/mol. The Bertz CT molecular complexity index is 790. The molecule has 6 heteroatoms. The average Bonchev–Trinajstić information content (AvgIpc) is 2.61. The van der Waals surface area contributed by atoms with Crippen molar-refractivity contribution in [2.24, 2.45) is 0 Å². The van der Waals surface area contributed by atoms with Crippen molar-refractivity contribution in [3.63, 3.8) is 0 Å². The molecule has 0 saturated heterocycles. The zero-order valence-corrected chi connectivity index (χ0v) is 13.7. The largest absolute Gasteiger partial charge is 0.497 e. The van der Waals surface area contributed by atoms with E-state index >= 15 is 0 Å². The van der Waals surface area contributed by atoms with Crippen molar-refractivity contribution in [3.05, 3.63) is 66.1 Å². The lowest BCUT2D eigenvalue weighted by Gasteiger charge is -2.10. The lowest BCUT2D eigenvalue weighted by molar-refractivity contribution is 0.415. The summed E-state index contributed by atoms with van der Waals surface area (Å²) in [5.74, 6) is 2.13. The van der Waals surface area contributed by atoms with Crippen LogP contribution in [0.15, 0.2) is 54.9 Å². The van der Waals surface area contributed by atoms with Crippen LogP contribution in [-0.2, 0) is 6.54 Å². The first kappa shape index (κ1) is 15.7. The van der Waals surface area contributed by atoms with Gasteiger partial charge in [0.15, 0.2) is 0 Å². The highest BCUT2D eigenvalue weighted by molar-refractivity contribution is 5.56. The maximum Gasteiger partial charge on any atom is 0.229 e. The number of benzene rings is 1. The molecule has 6 nitrogen and oxygen atoms in total. The van der Waals surface area contributed by atoms with E-state index in [-0.39, 0.29) is 0 Å². The Morgan fingerprint density at radius 2 is 1.92 bits per heavy atom. The second kappa shape index (κ2) is 7.41.